The van der Waals surface area contributed by atoms with Crippen LogP contribution in [0.5, 0.6) is 11.5 Å². The molecule has 7 heteroatoms. The lowest BCUT2D eigenvalue weighted by Crippen LogP contribution is -2.21. The largest absolute Gasteiger partial charge is 0.493 e. The third kappa shape index (κ3) is 5.67. The predicted octanol–water partition coefficient (Wildman–Crippen LogP) is 4.70. The SMILES string of the molecule is CNc1cc(C2=CCCC2)nc(Nc2ccc(OC)c(OCCCN3CCCC3)c2)n1. The predicted molar refractivity (Wildman–Crippen MR) is 125 cm³/mol. The molecular formula is C24H33N5O2. The van der Waals surface area contributed by atoms with E-state index in [9.17, 15) is 0 Å². The molecule has 1 fully saturated rings. The van der Waals surface area contributed by atoms with E-state index >= 15 is 0 Å². The van der Waals surface area contributed by atoms with Crippen molar-refractivity contribution in [2.45, 2.75) is 38.5 Å². The van der Waals surface area contributed by atoms with Crippen molar-refractivity contribution in [3.63, 3.8) is 0 Å². The van der Waals surface area contributed by atoms with Gasteiger partial charge in [-0.25, -0.2) is 4.98 Å². The van der Waals surface area contributed by atoms with Gasteiger partial charge in [-0.3, -0.25) is 0 Å². The Balaban J connectivity index is 1.44. The van der Waals surface area contributed by atoms with E-state index in [4.69, 9.17) is 14.5 Å². The second kappa shape index (κ2) is 10.5. The number of nitrogens with one attached hydrogen (secondary N) is 2. The molecule has 0 spiro atoms. The summed E-state index contributed by atoms with van der Waals surface area (Å²) >= 11 is 0. The smallest absolute Gasteiger partial charge is 0.229 e. The average Bonchev–Trinajstić information content (AvgIpc) is 3.51. The quantitative estimate of drug-likeness (QED) is 0.537. The number of anilines is 3. The number of nitrogens with zero attached hydrogens (tertiary/aromatic N) is 3. The zero-order chi connectivity index (χ0) is 21.5. The Kier molecular flexibility index (Phi) is 7.25. The molecule has 1 aromatic heterocycles. The van der Waals surface area contributed by atoms with Gasteiger partial charge in [-0.15, -0.1) is 0 Å². The summed E-state index contributed by atoms with van der Waals surface area (Å²) in [6.45, 7) is 4.19. The van der Waals surface area contributed by atoms with E-state index in [0.29, 0.717) is 12.6 Å². The van der Waals surface area contributed by atoms with E-state index < -0.39 is 0 Å². The van der Waals surface area contributed by atoms with Crippen LogP contribution in [0.1, 0.15) is 44.2 Å². The van der Waals surface area contributed by atoms with Gasteiger partial charge in [0.25, 0.3) is 0 Å². The van der Waals surface area contributed by atoms with Gasteiger partial charge in [0, 0.05) is 31.4 Å². The Morgan fingerprint density at radius 2 is 1.94 bits per heavy atom. The fourth-order valence-corrected chi connectivity index (χ4v) is 4.17. The minimum absolute atomic E-state index is 0.569. The second-order valence-electron chi connectivity index (χ2n) is 8.08. The molecule has 2 heterocycles. The number of rotatable bonds is 10. The zero-order valence-corrected chi connectivity index (χ0v) is 18.6. The number of aromatic nitrogens is 2. The summed E-state index contributed by atoms with van der Waals surface area (Å²) in [5.74, 6) is 2.83. The van der Waals surface area contributed by atoms with Gasteiger partial charge < -0.3 is 25.0 Å². The minimum atomic E-state index is 0.569. The zero-order valence-electron chi connectivity index (χ0n) is 18.6. The maximum atomic E-state index is 6.06. The normalized spacial score (nSPS) is 16.3. The summed E-state index contributed by atoms with van der Waals surface area (Å²) in [6, 6.07) is 7.84. The average molecular weight is 424 g/mol. The van der Waals surface area contributed by atoms with Crippen molar-refractivity contribution in [2.75, 3.05) is 51.0 Å². The molecule has 0 saturated carbocycles. The first-order valence-corrected chi connectivity index (χ1v) is 11.3. The molecule has 1 aliphatic heterocycles. The van der Waals surface area contributed by atoms with Crippen LogP contribution in [0.2, 0.25) is 0 Å². The van der Waals surface area contributed by atoms with Crippen LogP contribution in [-0.2, 0) is 0 Å². The number of benzene rings is 1. The van der Waals surface area contributed by atoms with Gasteiger partial charge in [-0.2, -0.15) is 4.98 Å². The molecule has 2 N–H and O–H groups in total. The Bertz CT molecular complexity index is 909. The molecule has 0 atom stereocenters. The van der Waals surface area contributed by atoms with Crippen LogP contribution in [0.4, 0.5) is 17.5 Å². The molecule has 166 valence electrons. The molecule has 0 bridgehead atoms. The lowest BCUT2D eigenvalue weighted by atomic mass is 10.1. The first-order chi connectivity index (χ1) is 15.2. The van der Waals surface area contributed by atoms with Crippen LogP contribution >= 0.6 is 0 Å². The number of ether oxygens (including phenoxy) is 2. The van der Waals surface area contributed by atoms with Crippen LogP contribution in [0.3, 0.4) is 0 Å². The molecule has 7 nitrogen and oxygen atoms in total. The molecular weight excluding hydrogens is 390 g/mol. The molecule has 0 amide bonds. The van der Waals surface area contributed by atoms with E-state index in [0.717, 1.165) is 54.5 Å². The lowest BCUT2D eigenvalue weighted by Gasteiger charge is -2.16. The van der Waals surface area contributed by atoms with E-state index in [1.54, 1.807) is 7.11 Å². The van der Waals surface area contributed by atoms with Crippen molar-refractivity contribution in [1.29, 1.82) is 0 Å². The third-order valence-corrected chi connectivity index (χ3v) is 5.85. The first-order valence-electron chi connectivity index (χ1n) is 11.3. The van der Waals surface area contributed by atoms with Gasteiger partial charge in [-0.1, -0.05) is 6.08 Å². The fourth-order valence-electron chi connectivity index (χ4n) is 4.17. The molecule has 1 saturated heterocycles. The molecule has 2 aromatic rings. The van der Waals surface area contributed by atoms with Crippen LogP contribution in [-0.4, -0.2) is 55.3 Å². The monoisotopic (exact) mass is 423 g/mol. The summed E-state index contributed by atoms with van der Waals surface area (Å²) < 4.78 is 11.6. The van der Waals surface area contributed by atoms with Crippen LogP contribution in [0.25, 0.3) is 5.57 Å². The number of hydrogen-bond acceptors (Lipinski definition) is 7. The van der Waals surface area contributed by atoms with Gasteiger partial charge in [0.05, 0.1) is 19.4 Å². The number of methoxy groups -OCH3 is 1. The third-order valence-electron chi connectivity index (χ3n) is 5.85. The summed E-state index contributed by atoms with van der Waals surface area (Å²) in [7, 11) is 3.54. The van der Waals surface area contributed by atoms with Crippen molar-refractivity contribution in [1.82, 2.24) is 14.9 Å². The number of hydrogen-bond donors (Lipinski definition) is 2. The molecule has 2 aliphatic rings. The highest BCUT2D eigenvalue weighted by atomic mass is 16.5. The molecule has 1 aliphatic carbocycles. The Hall–Kier alpha value is -2.80. The summed E-state index contributed by atoms with van der Waals surface area (Å²) in [4.78, 5) is 11.8. The van der Waals surface area contributed by atoms with Crippen molar-refractivity contribution >= 4 is 23.0 Å². The van der Waals surface area contributed by atoms with Crippen molar-refractivity contribution < 1.29 is 9.47 Å². The van der Waals surface area contributed by atoms with E-state index in [1.165, 1.54) is 37.9 Å². The Morgan fingerprint density at radius 3 is 2.68 bits per heavy atom. The van der Waals surface area contributed by atoms with Gasteiger partial charge in [-0.05, 0) is 69.3 Å². The maximum Gasteiger partial charge on any atom is 0.229 e. The summed E-state index contributed by atoms with van der Waals surface area (Å²) in [6.07, 6.45) is 9.29. The van der Waals surface area contributed by atoms with E-state index in [2.05, 4.69) is 26.6 Å². The van der Waals surface area contributed by atoms with Gasteiger partial charge in [0.15, 0.2) is 11.5 Å². The highest BCUT2D eigenvalue weighted by Gasteiger charge is 2.14. The number of likely N-dealkylation sites (tertiary alicyclic amines) is 1. The topological polar surface area (TPSA) is 71.5 Å². The van der Waals surface area contributed by atoms with E-state index in [-0.39, 0.29) is 0 Å². The van der Waals surface area contributed by atoms with Crippen molar-refractivity contribution in [3.05, 3.63) is 36.0 Å². The minimum Gasteiger partial charge on any atom is -0.493 e. The molecule has 0 unspecified atom stereocenters. The fraction of sp³-hybridized carbons (Fsp3) is 0.500. The molecule has 0 radical (unpaired) electrons. The van der Waals surface area contributed by atoms with Crippen LogP contribution in [0, 0.1) is 0 Å². The van der Waals surface area contributed by atoms with Crippen LogP contribution < -0.4 is 20.1 Å². The first kappa shape index (κ1) is 21.4. The van der Waals surface area contributed by atoms with Gasteiger partial charge >= 0.3 is 0 Å². The van der Waals surface area contributed by atoms with E-state index in [1.807, 2.05) is 31.3 Å². The summed E-state index contributed by atoms with van der Waals surface area (Å²) in [5.41, 5.74) is 3.14. The molecule has 1 aromatic carbocycles. The number of allylic oxidation sites excluding steroid dienone is 2. The molecule has 4 rings (SSSR count). The Morgan fingerprint density at radius 1 is 1.06 bits per heavy atom. The van der Waals surface area contributed by atoms with Gasteiger partial charge in [0.1, 0.15) is 5.82 Å². The maximum absolute atomic E-state index is 6.06. The highest BCUT2D eigenvalue weighted by molar-refractivity contribution is 5.69. The summed E-state index contributed by atoms with van der Waals surface area (Å²) in [5, 5.41) is 6.47. The van der Waals surface area contributed by atoms with Crippen molar-refractivity contribution in [2.24, 2.45) is 0 Å². The lowest BCUT2D eigenvalue weighted by molar-refractivity contribution is 0.254. The standard InChI is InChI=1S/C24H33N5O2/c1-25-23-17-20(18-8-3-4-9-18)27-24(28-23)26-19-10-11-21(30-2)22(16-19)31-15-7-14-29-12-5-6-13-29/h8,10-11,16-17H,3-7,9,12-15H2,1-2H3,(H2,25,26,27,28). The molecule has 31 heavy (non-hydrogen) atoms. The van der Waals surface area contributed by atoms with Gasteiger partial charge in [0.2, 0.25) is 5.95 Å². The second-order valence-corrected chi connectivity index (χ2v) is 8.08. The van der Waals surface area contributed by atoms with Crippen LogP contribution in [0.15, 0.2) is 30.3 Å². The van der Waals surface area contributed by atoms with Crippen molar-refractivity contribution in [3.8, 4) is 11.5 Å². The Labute approximate surface area is 184 Å². The highest BCUT2D eigenvalue weighted by Crippen LogP contribution is 2.32.